The quantitative estimate of drug-likeness (QED) is 0.876. The summed E-state index contributed by atoms with van der Waals surface area (Å²) in [4.78, 5) is 26.2. The molecule has 142 valence electrons. The first-order valence-corrected chi connectivity index (χ1v) is 9.54. The zero-order chi connectivity index (χ0) is 18.4. The monoisotopic (exact) mass is 362 g/mol. The van der Waals surface area contributed by atoms with E-state index in [0.29, 0.717) is 38.3 Å². The van der Waals surface area contributed by atoms with Gasteiger partial charge in [-0.3, -0.25) is 9.59 Å². The number of halogens is 1. The standard InChI is InChI=1S/C20H27FN2O3/c21-18-4-2-1-3-17(18)20(25)23-11-7-16(8-12-23)22-19(24)6-5-15-9-13-26-14-10-15/h1-4,15-16H,5-14H2,(H,22,24). The molecule has 0 aliphatic carbocycles. The average molecular weight is 362 g/mol. The fourth-order valence-corrected chi connectivity index (χ4v) is 3.70. The van der Waals surface area contributed by atoms with E-state index in [1.165, 1.54) is 12.1 Å². The van der Waals surface area contributed by atoms with Gasteiger partial charge in [0, 0.05) is 38.8 Å². The highest BCUT2D eigenvalue weighted by atomic mass is 19.1. The Hall–Kier alpha value is -1.95. The van der Waals surface area contributed by atoms with Crippen molar-refractivity contribution in [3.05, 3.63) is 35.6 Å². The van der Waals surface area contributed by atoms with Gasteiger partial charge in [0.05, 0.1) is 5.56 Å². The van der Waals surface area contributed by atoms with E-state index in [1.807, 2.05) is 0 Å². The van der Waals surface area contributed by atoms with Gasteiger partial charge in [0.2, 0.25) is 5.91 Å². The highest BCUT2D eigenvalue weighted by Crippen LogP contribution is 2.20. The summed E-state index contributed by atoms with van der Waals surface area (Å²) in [6.45, 7) is 2.69. The van der Waals surface area contributed by atoms with E-state index < -0.39 is 5.82 Å². The topological polar surface area (TPSA) is 58.6 Å². The molecule has 0 unspecified atom stereocenters. The molecule has 5 nitrogen and oxygen atoms in total. The molecule has 2 saturated heterocycles. The normalized spacial score (nSPS) is 19.3. The molecule has 1 aromatic carbocycles. The van der Waals surface area contributed by atoms with Crippen LogP contribution in [0.1, 0.15) is 48.9 Å². The molecule has 1 N–H and O–H groups in total. The summed E-state index contributed by atoms with van der Waals surface area (Å²) in [6.07, 6.45) is 4.99. The van der Waals surface area contributed by atoms with Crippen LogP contribution in [0, 0.1) is 11.7 Å². The van der Waals surface area contributed by atoms with E-state index in [1.54, 1.807) is 17.0 Å². The second-order valence-electron chi connectivity index (χ2n) is 7.21. The van der Waals surface area contributed by atoms with Crippen molar-refractivity contribution in [1.82, 2.24) is 10.2 Å². The van der Waals surface area contributed by atoms with Crippen molar-refractivity contribution in [3.63, 3.8) is 0 Å². The van der Waals surface area contributed by atoms with Gasteiger partial charge < -0.3 is 15.0 Å². The van der Waals surface area contributed by atoms with E-state index in [9.17, 15) is 14.0 Å². The highest BCUT2D eigenvalue weighted by Gasteiger charge is 2.26. The van der Waals surface area contributed by atoms with Gasteiger partial charge in [-0.15, -0.1) is 0 Å². The number of amides is 2. The highest BCUT2D eigenvalue weighted by molar-refractivity contribution is 5.94. The summed E-state index contributed by atoms with van der Waals surface area (Å²) in [5.74, 6) is -0.0708. The number of carbonyl (C=O) groups excluding carboxylic acids is 2. The summed E-state index contributed by atoms with van der Waals surface area (Å²) in [5, 5.41) is 3.09. The largest absolute Gasteiger partial charge is 0.381 e. The molecule has 0 bridgehead atoms. The molecular weight excluding hydrogens is 335 g/mol. The lowest BCUT2D eigenvalue weighted by Gasteiger charge is -2.32. The van der Waals surface area contributed by atoms with Gasteiger partial charge in [-0.2, -0.15) is 0 Å². The summed E-state index contributed by atoms with van der Waals surface area (Å²) in [6, 6.07) is 6.16. The summed E-state index contributed by atoms with van der Waals surface area (Å²) in [7, 11) is 0. The molecule has 3 rings (SSSR count). The van der Waals surface area contributed by atoms with Crippen LogP contribution < -0.4 is 5.32 Å². The van der Waals surface area contributed by atoms with E-state index in [2.05, 4.69) is 5.32 Å². The van der Waals surface area contributed by atoms with Gasteiger partial charge >= 0.3 is 0 Å². The van der Waals surface area contributed by atoms with Crippen molar-refractivity contribution in [2.24, 2.45) is 5.92 Å². The van der Waals surface area contributed by atoms with Crippen molar-refractivity contribution in [3.8, 4) is 0 Å². The van der Waals surface area contributed by atoms with Crippen LogP contribution in [-0.4, -0.2) is 49.1 Å². The van der Waals surface area contributed by atoms with Gasteiger partial charge in [0.25, 0.3) is 5.91 Å². The molecule has 26 heavy (non-hydrogen) atoms. The van der Waals surface area contributed by atoms with Gasteiger partial charge in [0.1, 0.15) is 5.82 Å². The van der Waals surface area contributed by atoms with Crippen LogP contribution in [0.2, 0.25) is 0 Å². The lowest BCUT2D eigenvalue weighted by Crippen LogP contribution is -2.46. The zero-order valence-corrected chi connectivity index (χ0v) is 15.1. The lowest BCUT2D eigenvalue weighted by molar-refractivity contribution is -0.122. The number of nitrogens with zero attached hydrogens (tertiary/aromatic N) is 1. The van der Waals surface area contributed by atoms with Gasteiger partial charge in [-0.1, -0.05) is 12.1 Å². The fraction of sp³-hybridized carbons (Fsp3) is 0.600. The van der Waals surface area contributed by atoms with Crippen molar-refractivity contribution in [2.75, 3.05) is 26.3 Å². The van der Waals surface area contributed by atoms with E-state index in [-0.39, 0.29) is 23.4 Å². The molecule has 2 aliphatic rings. The number of hydrogen-bond acceptors (Lipinski definition) is 3. The number of likely N-dealkylation sites (tertiary alicyclic amines) is 1. The molecule has 0 atom stereocenters. The number of benzene rings is 1. The molecular formula is C20H27FN2O3. The Morgan fingerprint density at radius 1 is 1.12 bits per heavy atom. The predicted octanol–water partition coefficient (Wildman–Crippen LogP) is 2.75. The Morgan fingerprint density at radius 2 is 1.81 bits per heavy atom. The Labute approximate surface area is 153 Å². The maximum Gasteiger partial charge on any atom is 0.256 e. The van der Waals surface area contributed by atoms with Crippen molar-refractivity contribution < 1.29 is 18.7 Å². The molecule has 2 aliphatic heterocycles. The molecule has 1 aromatic rings. The Bertz CT molecular complexity index is 623. The minimum absolute atomic E-state index is 0.0929. The Morgan fingerprint density at radius 3 is 2.50 bits per heavy atom. The van der Waals surface area contributed by atoms with Gasteiger partial charge in [-0.25, -0.2) is 4.39 Å². The maximum absolute atomic E-state index is 13.8. The molecule has 0 radical (unpaired) electrons. The fourth-order valence-electron chi connectivity index (χ4n) is 3.70. The predicted molar refractivity (Wildman–Crippen MR) is 96.2 cm³/mol. The molecule has 0 aromatic heterocycles. The summed E-state index contributed by atoms with van der Waals surface area (Å²) >= 11 is 0. The van der Waals surface area contributed by atoms with Gasteiger partial charge in [-0.05, 0) is 50.2 Å². The van der Waals surface area contributed by atoms with Crippen LogP contribution in [0.4, 0.5) is 4.39 Å². The van der Waals surface area contributed by atoms with Crippen molar-refractivity contribution >= 4 is 11.8 Å². The molecule has 6 heteroatoms. The molecule has 2 amide bonds. The van der Waals surface area contributed by atoms with Crippen LogP contribution >= 0.6 is 0 Å². The SMILES string of the molecule is O=C(CCC1CCOCC1)NC1CCN(C(=O)c2ccccc2F)CC1. The van der Waals surface area contributed by atoms with Crippen LogP contribution in [0.25, 0.3) is 0 Å². The number of carbonyl (C=O) groups is 2. The third kappa shape index (κ3) is 5.04. The minimum Gasteiger partial charge on any atom is -0.381 e. The van der Waals surface area contributed by atoms with E-state index in [0.717, 1.165) is 32.5 Å². The van der Waals surface area contributed by atoms with Crippen molar-refractivity contribution in [2.45, 2.75) is 44.6 Å². The van der Waals surface area contributed by atoms with Crippen LogP contribution in [0.5, 0.6) is 0 Å². The number of nitrogens with one attached hydrogen (secondary N) is 1. The maximum atomic E-state index is 13.8. The molecule has 0 spiro atoms. The third-order valence-electron chi connectivity index (χ3n) is 5.37. The second-order valence-corrected chi connectivity index (χ2v) is 7.21. The van der Waals surface area contributed by atoms with Crippen LogP contribution in [0.15, 0.2) is 24.3 Å². The van der Waals surface area contributed by atoms with Crippen molar-refractivity contribution in [1.29, 1.82) is 0 Å². The van der Waals surface area contributed by atoms with E-state index >= 15 is 0 Å². The smallest absolute Gasteiger partial charge is 0.256 e. The number of ether oxygens (including phenoxy) is 1. The zero-order valence-electron chi connectivity index (χ0n) is 15.1. The minimum atomic E-state index is -0.485. The first kappa shape index (κ1) is 18.8. The molecule has 0 saturated carbocycles. The number of rotatable bonds is 5. The average Bonchev–Trinajstić information content (AvgIpc) is 2.68. The van der Waals surface area contributed by atoms with Crippen LogP contribution in [0.3, 0.4) is 0 Å². The second kappa shape index (κ2) is 9.12. The number of piperidine rings is 1. The Balaban J connectivity index is 1.40. The lowest BCUT2D eigenvalue weighted by atomic mass is 9.94. The van der Waals surface area contributed by atoms with Crippen LogP contribution in [-0.2, 0) is 9.53 Å². The first-order valence-electron chi connectivity index (χ1n) is 9.54. The molecule has 2 heterocycles. The van der Waals surface area contributed by atoms with Gasteiger partial charge in [0.15, 0.2) is 0 Å². The van der Waals surface area contributed by atoms with E-state index in [4.69, 9.17) is 4.74 Å². The molecule has 2 fully saturated rings. The first-order chi connectivity index (χ1) is 12.6. The Kier molecular flexibility index (Phi) is 6.61. The third-order valence-corrected chi connectivity index (χ3v) is 5.37. The summed E-state index contributed by atoms with van der Waals surface area (Å²) in [5.41, 5.74) is 0.117. The number of hydrogen-bond donors (Lipinski definition) is 1. The summed E-state index contributed by atoms with van der Waals surface area (Å²) < 4.78 is 19.1.